The van der Waals surface area contributed by atoms with Crippen molar-refractivity contribution in [2.75, 3.05) is 19.6 Å². The normalized spacial score (nSPS) is 21.9. The fraction of sp³-hybridized carbons (Fsp3) is 0.579. The summed E-state index contributed by atoms with van der Waals surface area (Å²) in [5, 5.41) is 10.5. The van der Waals surface area contributed by atoms with Crippen LogP contribution in [0.4, 0.5) is 0 Å². The molecule has 0 spiro atoms. The van der Waals surface area contributed by atoms with Gasteiger partial charge in [-0.05, 0) is 56.3 Å². The molecule has 5 nitrogen and oxygen atoms in total. The van der Waals surface area contributed by atoms with Crippen molar-refractivity contribution in [2.24, 2.45) is 0 Å². The number of aryl methyl sites for hydroxylation is 1. The number of hydrogen-bond donors (Lipinski definition) is 1. The molecule has 0 aliphatic carbocycles. The largest absolute Gasteiger partial charge is 0.480 e. The van der Waals surface area contributed by atoms with Crippen LogP contribution in [-0.4, -0.2) is 58.5 Å². The quantitative estimate of drug-likeness (QED) is 0.824. The van der Waals surface area contributed by atoms with Gasteiger partial charge in [0.15, 0.2) is 0 Å². The first-order valence-electron chi connectivity index (χ1n) is 9.16. The number of halogens is 2. The van der Waals surface area contributed by atoms with E-state index in [2.05, 4.69) is 4.90 Å². The first-order chi connectivity index (χ1) is 12.5. The van der Waals surface area contributed by atoms with Crippen molar-refractivity contribution < 1.29 is 14.7 Å². The van der Waals surface area contributed by atoms with E-state index in [1.54, 1.807) is 12.1 Å². The van der Waals surface area contributed by atoms with E-state index in [1.165, 1.54) is 0 Å². The average molecular weight is 399 g/mol. The predicted molar refractivity (Wildman–Crippen MR) is 102 cm³/mol. The molecule has 2 saturated heterocycles. The molecule has 1 aromatic carbocycles. The molecule has 3 rings (SSSR count). The number of carbonyl (C=O) groups is 2. The molecule has 2 fully saturated rings. The number of piperidine rings is 1. The number of benzene rings is 1. The zero-order valence-corrected chi connectivity index (χ0v) is 16.2. The topological polar surface area (TPSA) is 60.9 Å². The molecule has 26 heavy (non-hydrogen) atoms. The van der Waals surface area contributed by atoms with Gasteiger partial charge in [0.1, 0.15) is 6.04 Å². The van der Waals surface area contributed by atoms with Crippen molar-refractivity contribution in [3.05, 3.63) is 33.8 Å². The lowest BCUT2D eigenvalue weighted by Crippen LogP contribution is -2.50. The Morgan fingerprint density at radius 3 is 2.50 bits per heavy atom. The number of carbonyl (C=O) groups excluding carboxylic acids is 1. The summed E-state index contributed by atoms with van der Waals surface area (Å²) in [5.41, 5.74) is 0.931. The lowest BCUT2D eigenvalue weighted by molar-refractivity contribution is -0.144. The van der Waals surface area contributed by atoms with Gasteiger partial charge in [-0.25, -0.2) is 0 Å². The molecule has 0 bridgehead atoms. The molecular formula is C19H24Cl2N2O3. The van der Waals surface area contributed by atoms with Gasteiger partial charge in [0, 0.05) is 35.6 Å². The van der Waals surface area contributed by atoms with Gasteiger partial charge >= 0.3 is 5.97 Å². The second-order valence-electron chi connectivity index (χ2n) is 7.08. The Kier molecular flexibility index (Phi) is 6.43. The molecule has 1 amide bonds. The van der Waals surface area contributed by atoms with Gasteiger partial charge in [0.05, 0.1) is 0 Å². The van der Waals surface area contributed by atoms with Crippen LogP contribution in [0.1, 0.15) is 37.7 Å². The highest BCUT2D eigenvalue weighted by molar-refractivity contribution is 6.35. The Bertz CT molecular complexity index is 675. The van der Waals surface area contributed by atoms with E-state index >= 15 is 0 Å². The van der Waals surface area contributed by atoms with Gasteiger partial charge in [-0.3, -0.25) is 14.5 Å². The van der Waals surface area contributed by atoms with E-state index in [0.29, 0.717) is 36.0 Å². The Balaban J connectivity index is 1.48. The lowest BCUT2D eigenvalue weighted by Gasteiger charge is -2.38. The molecule has 1 atom stereocenters. The maximum Gasteiger partial charge on any atom is 0.320 e. The van der Waals surface area contributed by atoms with Gasteiger partial charge in [-0.1, -0.05) is 29.3 Å². The van der Waals surface area contributed by atoms with E-state index in [0.717, 1.165) is 37.8 Å². The molecule has 2 aliphatic rings. The summed E-state index contributed by atoms with van der Waals surface area (Å²) in [6.07, 6.45) is 4.39. The number of likely N-dealkylation sites (tertiary alicyclic amines) is 2. The van der Waals surface area contributed by atoms with Crippen molar-refractivity contribution in [3.8, 4) is 0 Å². The molecule has 1 N–H and O–H groups in total. The molecule has 142 valence electrons. The van der Waals surface area contributed by atoms with Crippen LogP contribution < -0.4 is 0 Å². The summed E-state index contributed by atoms with van der Waals surface area (Å²) in [6.45, 7) is 2.24. The SMILES string of the molecule is O=C(O)C1CCCN1C1CCN(C(=O)CCc2ccc(Cl)cc2Cl)CC1. The number of carboxylic acid groups (broad SMARTS) is 1. The van der Waals surface area contributed by atoms with Crippen molar-refractivity contribution in [2.45, 2.75) is 50.6 Å². The Labute approximate surface area is 163 Å². The molecular weight excluding hydrogens is 375 g/mol. The first-order valence-corrected chi connectivity index (χ1v) is 9.91. The Morgan fingerprint density at radius 1 is 1.12 bits per heavy atom. The molecule has 7 heteroatoms. The molecule has 0 aromatic heterocycles. The zero-order chi connectivity index (χ0) is 18.7. The highest BCUT2D eigenvalue weighted by Gasteiger charge is 2.37. The summed E-state index contributed by atoms with van der Waals surface area (Å²) in [7, 11) is 0. The third kappa shape index (κ3) is 4.51. The maximum absolute atomic E-state index is 12.5. The minimum atomic E-state index is -0.721. The molecule has 1 aromatic rings. The minimum absolute atomic E-state index is 0.130. The number of aliphatic carboxylic acids is 1. The third-order valence-corrected chi connectivity index (χ3v) is 6.08. The smallest absolute Gasteiger partial charge is 0.320 e. The van der Waals surface area contributed by atoms with Gasteiger partial charge in [-0.2, -0.15) is 0 Å². The predicted octanol–water partition coefficient (Wildman–Crippen LogP) is 3.47. The fourth-order valence-corrected chi connectivity index (χ4v) is 4.57. The Morgan fingerprint density at radius 2 is 1.85 bits per heavy atom. The molecule has 2 aliphatic heterocycles. The second-order valence-corrected chi connectivity index (χ2v) is 7.93. The fourth-order valence-electron chi connectivity index (χ4n) is 4.06. The lowest BCUT2D eigenvalue weighted by atomic mass is 10.0. The number of carboxylic acids is 1. The van der Waals surface area contributed by atoms with E-state index in [-0.39, 0.29) is 18.0 Å². The van der Waals surface area contributed by atoms with Gasteiger partial charge in [0.2, 0.25) is 5.91 Å². The standard InChI is InChI=1S/C19H24Cl2N2O3/c20-14-5-3-13(16(21)12-14)4-6-18(24)22-10-7-15(8-11-22)23-9-1-2-17(23)19(25)26/h3,5,12,15,17H,1-2,4,6-11H2,(H,25,26). The van der Waals surface area contributed by atoms with Crippen molar-refractivity contribution in [1.29, 1.82) is 0 Å². The summed E-state index contributed by atoms with van der Waals surface area (Å²) < 4.78 is 0. The highest BCUT2D eigenvalue weighted by atomic mass is 35.5. The number of amides is 1. The van der Waals surface area contributed by atoms with Crippen LogP contribution in [0.25, 0.3) is 0 Å². The van der Waals surface area contributed by atoms with Gasteiger partial charge in [-0.15, -0.1) is 0 Å². The van der Waals surface area contributed by atoms with E-state index in [1.807, 2.05) is 11.0 Å². The minimum Gasteiger partial charge on any atom is -0.480 e. The van der Waals surface area contributed by atoms with Crippen LogP contribution >= 0.6 is 23.2 Å². The zero-order valence-electron chi connectivity index (χ0n) is 14.7. The number of nitrogens with zero attached hydrogens (tertiary/aromatic N) is 2. The summed E-state index contributed by atoms with van der Waals surface area (Å²) in [4.78, 5) is 27.9. The summed E-state index contributed by atoms with van der Waals surface area (Å²) in [5.74, 6) is -0.591. The van der Waals surface area contributed by atoms with E-state index in [9.17, 15) is 14.7 Å². The third-order valence-electron chi connectivity index (χ3n) is 5.49. The average Bonchev–Trinajstić information content (AvgIpc) is 3.11. The molecule has 2 heterocycles. The van der Waals surface area contributed by atoms with Crippen LogP contribution in [0.5, 0.6) is 0 Å². The van der Waals surface area contributed by atoms with Crippen LogP contribution in [0.3, 0.4) is 0 Å². The van der Waals surface area contributed by atoms with E-state index < -0.39 is 5.97 Å². The molecule has 1 unspecified atom stereocenters. The van der Waals surface area contributed by atoms with Gasteiger partial charge < -0.3 is 10.0 Å². The van der Waals surface area contributed by atoms with Gasteiger partial charge in [0.25, 0.3) is 0 Å². The van der Waals surface area contributed by atoms with E-state index in [4.69, 9.17) is 23.2 Å². The van der Waals surface area contributed by atoms with Crippen molar-refractivity contribution in [1.82, 2.24) is 9.80 Å². The van der Waals surface area contributed by atoms with Crippen LogP contribution in [-0.2, 0) is 16.0 Å². The monoisotopic (exact) mass is 398 g/mol. The van der Waals surface area contributed by atoms with Crippen LogP contribution in [0.2, 0.25) is 10.0 Å². The summed E-state index contributed by atoms with van der Waals surface area (Å²) in [6, 6.07) is 5.27. The summed E-state index contributed by atoms with van der Waals surface area (Å²) >= 11 is 12.1. The first kappa shape index (κ1) is 19.5. The van der Waals surface area contributed by atoms with Crippen LogP contribution in [0, 0.1) is 0 Å². The highest BCUT2D eigenvalue weighted by Crippen LogP contribution is 2.27. The maximum atomic E-state index is 12.5. The Hall–Kier alpha value is -1.30. The van der Waals surface area contributed by atoms with Crippen LogP contribution in [0.15, 0.2) is 18.2 Å². The molecule has 0 saturated carbocycles. The number of hydrogen-bond acceptors (Lipinski definition) is 3. The second kappa shape index (κ2) is 8.59. The molecule has 0 radical (unpaired) electrons. The van der Waals surface area contributed by atoms with Crippen molar-refractivity contribution in [3.63, 3.8) is 0 Å². The number of rotatable bonds is 5. The van der Waals surface area contributed by atoms with Crippen molar-refractivity contribution >= 4 is 35.1 Å².